The topological polar surface area (TPSA) is 3.24 Å². The van der Waals surface area contributed by atoms with Crippen LogP contribution in [0.4, 0.5) is 17.1 Å². The maximum absolute atomic E-state index is 2.42. The molecule has 0 amide bonds. The minimum Gasteiger partial charge on any atom is -0.310 e. The summed E-state index contributed by atoms with van der Waals surface area (Å²) >= 11 is 1.88. The Bertz CT molecular complexity index is 2910. The summed E-state index contributed by atoms with van der Waals surface area (Å²) in [6.07, 6.45) is 0. The summed E-state index contributed by atoms with van der Waals surface area (Å²) in [5, 5.41) is 5.12. The van der Waals surface area contributed by atoms with Gasteiger partial charge in [0, 0.05) is 37.1 Å². The van der Waals surface area contributed by atoms with Gasteiger partial charge in [0.1, 0.15) is 0 Å². The van der Waals surface area contributed by atoms with Crippen LogP contribution in [0.5, 0.6) is 0 Å². The van der Waals surface area contributed by atoms with Crippen molar-refractivity contribution in [2.75, 3.05) is 4.90 Å². The van der Waals surface area contributed by atoms with Gasteiger partial charge < -0.3 is 4.90 Å². The minimum atomic E-state index is 1.10. The van der Waals surface area contributed by atoms with Crippen molar-refractivity contribution >= 4 is 59.3 Å². The second-order valence-electron chi connectivity index (χ2n) is 13.7. The number of anilines is 3. The van der Waals surface area contributed by atoms with E-state index < -0.39 is 0 Å². The fraction of sp³-hybridized carbons (Fsp3) is 0. The van der Waals surface area contributed by atoms with Crippen molar-refractivity contribution in [3.8, 4) is 44.5 Å². The third-order valence-corrected chi connectivity index (χ3v) is 11.7. The van der Waals surface area contributed by atoms with Crippen LogP contribution in [-0.2, 0) is 0 Å². The average Bonchev–Trinajstić information content (AvgIpc) is 3.64. The third-order valence-electron chi connectivity index (χ3n) is 10.5. The van der Waals surface area contributed by atoms with Crippen LogP contribution in [0.3, 0.4) is 0 Å². The molecule has 0 fully saturated rings. The van der Waals surface area contributed by atoms with E-state index in [1.54, 1.807) is 0 Å². The molecular formula is C52H35NS. The standard InChI is InChI=1S/C52H35NS/c1-3-12-36(13-4-1)38-24-29-44(30-25-38)53(45-31-26-40(27-32-45)47-19-11-20-49-48-18-9-10-21-51(48)54-52(47)49)50-35-43(28-33-46(50)39-15-5-2-6-16-39)42-23-22-37-14-7-8-17-41(37)34-42/h1-35H. The summed E-state index contributed by atoms with van der Waals surface area (Å²) in [5.74, 6) is 0. The van der Waals surface area contributed by atoms with Crippen molar-refractivity contribution in [2.24, 2.45) is 0 Å². The van der Waals surface area contributed by atoms with Crippen LogP contribution < -0.4 is 4.90 Å². The van der Waals surface area contributed by atoms with Crippen LogP contribution in [0.25, 0.3) is 75.5 Å². The molecule has 0 N–H and O–H groups in total. The van der Waals surface area contributed by atoms with Gasteiger partial charge in [-0.05, 0) is 92.2 Å². The van der Waals surface area contributed by atoms with E-state index in [2.05, 4.69) is 217 Å². The molecule has 0 spiro atoms. The molecule has 54 heavy (non-hydrogen) atoms. The Labute approximate surface area is 319 Å². The Morgan fingerprint density at radius 1 is 0.315 bits per heavy atom. The zero-order valence-corrected chi connectivity index (χ0v) is 30.4. The molecule has 1 heterocycles. The molecule has 10 aromatic rings. The van der Waals surface area contributed by atoms with E-state index in [-0.39, 0.29) is 0 Å². The molecule has 10 rings (SSSR count). The minimum absolute atomic E-state index is 1.10. The molecule has 1 aromatic heterocycles. The maximum atomic E-state index is 2.42. The molecule has 0 unspecified atom stereocenters. The molecule has 0 saturated heterocycles. The number of hydrogen-bond donors (Lipinski definition) is 0. The van der Waals surface area contributed by atoms with E-state index in [1.165, 1.54) is 75.5 Å². The molecule has 254 valence electrons. The van der Waals surface area contributed by atoms with E-state index in [1.807, 2.05) is 11.3 Å². The van der Waals surface area contributed by atoms with Gasteiger partial charge in [0.05, 0.1) is 5.69 Å². The van der Waals surface area contributed by atoms with Crippen LogP contribution in [0, 0.1) is 0 Å². The molecule has 2 heteroatoms. The molecule has 0 aliphatic carbocycles. The summed E-state index contributed by atoms with van der Waals surface area (Å²) in [4.78, 5) is 2.42. The Balaban J connectivity index is 1.15. The highest BCUT2D eigenvalue weighted by atomic mass is 32.1. The molecule has 0 aliphatic heterocycles. The quantitative estimate of drug-likeness (QED) is 0.160. The highest BCUT2D eigenvalue weighted by Crippen LogP contribution is 2.45. The fourth-order valence-electron chi connectivity index (χ4n) is 7.75. The molecule has 0 atom stereocenters. The van der Waals surface area contributed by atoms with E-state index in [9.17, 15) is 0 Å². The molecule has 0 radical (unpaired) electrons. The predicted octanol–water partition coefficient (Wildman–Crippen LogP) is 15.3. The zero-order chi connectivity index (χ0) is 35.8. The molecule has 9 aromatic carbocycles. The summed E-state index contributed by atoms with van der Waals surface area (Å²) in [5.41, 5.74) is 12.9. The van der Waals surface area contributed by atoms with Crippen molar-refractivity contribution in [2.45, 2.75) is 0 Å². The first kappa shape index (κ1) is 32.0. The molecule has 1 nitrogen and oxygen atoms in total. The Morgan fingerprint density at radius 2 is 0.852 bits per heavy atom. The van der Waals surface area contributed by atoms with Crippen LogP contribution in [-0.4, -0.2) is 0 Å². The Kier molecular flexibility index (Phi) is 8.09. The van der Waals surface area contributed by atoms with Crippen molar-refractivity contribution in [1.29, 1.82) is 0 Å². The van der Waals surface area contributed by atoms with Gasteiger partial charge in [0.2, 0.25) is 0 Å². The number of rotatable bonds is 7. The third kappa shape index (κ3) is 5.84. The van der Waals surface area contributed by atoms with E-state index in [4.69, 9.17) is 0 Å². The first-order chi connectivity index (χ1) is 26.8. The smallest absolute Gasteiger partial charge is 0.0546 e. The summed E-state index contributed by atoms with van der Waals surface area (Å²) in [6, 6.07) is 77.2. The van der Waals surface area contributed by atoms with Gasteiger partial charge in [-0.15, -0.1) is 11.3 Å². The van der Waals surface area contributed by atoms with Crippen LogP contribution in [0.2, 0.25) is 0 Å². The molecule has 0 saturated carbocycles. The first-order valence-corrected chi connectivity index (χ1v) is 19.2. The van der Waals surface area contributed by atoms with E-state index in [0.717, 1.165) is 17.1 Å². The van der Waals surface area contributed by atoms with E-state index >= 15 is 0 Å². The first-order valence-electron chi connectivity index (χ1n) is 18.4. The van der Waals surface area contributed by atoms with Crippen LogP contribution in [0.15, 0.2) is 212 Å². The van der Waals surface area contributed by atoms with Crippen molar-refractivity contribution < 1.29 is 0 Å². The second-order valence-corrected chi connectivity index (χ2v) is 14.8. The molecule has 0 bridgehead atoms. The number of nitrogens with zero attached hydrogens (tertiary/aromatic N) is 1. The lowest BCUT2D eigenvalue weighted by Gasteiger charge is -2.29. The highest BCUT2D eigenvalue weighted by molar-refractivity contribution is 7.26. The number of benzene rings is 9. The maximum Gasteiger partial charge on any atom is 0.0546 e. The van der Waals surface area contributed by atoms with Crippen LogP contribution >= 0.6 is 11.3 Å². The lowest BCUT2D eigenvalue weighted by molar-refractivity contribution is 1.28. The van der Waals surface area contributed by atoms with Gasteiger partial charge in [0.25, 0.3) is 0 Å². The van der Waals surface area contributed by atoms with Gasteiger partial charge >= 0.3 is 0 Å². The van der Waals surface area contributed by atoms with Gasteiger partial charge in [0.15, 0.2) is 0 Å². The van der Waals surface area contributed by atoms with E-state index in [0.29, 0.717) is 0 Å². The fourth-order valence-corrected chi connectivity index (χ4v) is 8.99. The Morgan fingerprint density at radius 3 is 1.61 bits per heavy atom. The Hall–Kier alpha value is -6.74. The average molecular weight is 706 g/mol. The van der Waals surface area contributed by atoms with Gasteiger partial charge in [-0.25, -0.2) is 0 Å². The van der Waals surface area contributed by atoms with Gasteiger partial charge in [-0.2, -0.15) is 0 Å². The van der Waals surface area contributed by atoms with Crippen molar-refractivity contribution in [1.82, 2.24) is 0 Å². The zero-order valence-electron chi connectivity index (χ0n) is 29.6. The summed E-state index contributed by atoms with van der Waals surface area (Å²) in [7, 11) is 0. The highest BCUT2D eigenvalue weighted by Gasteiger charge is 2.20. The normalized spacial score (nSPS) is 11.3. The monoisotopic (exact) mass is 705 g/mol. The number of thiophene rings is 1. The van der Waals surface area contributed by atoms with Gasteiger partial charge in [-0.3, -0.25) is 0 Å². The number of hydrogen-bond acceptors (Lipinski definition) is 2. The SMILES string of the molecule is c1ccc(-c2ccc(N(c3ccc(-c4cccc5c4sc4ccccc45)cc3)c3cc(-c4ccc5ccccc5c4)ccc3-c3ccccc3)cc2)cc1. The van der Waals surface area contributed by atoms with Crippen molar-refractivity contribution in [3.63, 3.8) is 0 Å². The second kappa shape index (κ2) is 13.7. The molecular weight excluding hydrogens is 671 g/mol. The van der Waals surface area contributed by atoms with Gasteiger partial charge in [-0.1, -0.05) is 170 Å². The summed E-state index contributed by atoms with van der Waals surface area (Å²) in [6.45, 7) is 0. The number of fused-ring (bicyclic) bond motifs is 4. The molecule has 0 aliphatic rings. The van der Waals surface area contributed by atoms with Crippen LogP contribution in [0.1, 0.15) is 0 Å². The van der Waals surface area contributed by atoms with Crippen molar-refractivity contribution in [3.05, 3.63) is 212 Å². The predicted molar refractivity (Wildman–Crippen MR) is 233 cm³/mol. The summed E-state index contributed by atoms with van der Waals surface area (Å²) < 4.78 is 2.65. The lowest BCUT2D eigenvalue weighted by Crippen LogP contribution is -2.11. The lowest BCUT2D eigenvalue weighted by atomic mass is 9.95. The largest absolute Gasteiger partial charge is 0.310 e.